The van der Waals surface area contributed by atoms with E-state index in [2.05, 4.69) is 26.5 Å². The van der Waals surface area contributed by atoms with Gasteiger partial charge in [0.25, 0.3) is 5.91 Å². The van der Waals surface area contributed by atoms with Crippen molar-refractivity contribution in [3.05, 3.63) is 28.2 Å². The molecule has 3 rings (SSSR count). The summed E-state index contributed by atoms with van der Waals surface area (Å²) in [5.41, 5.74) is 1.72. The fourth-order valence-corrected chi connectivity index (χ4v) is 3.68. The molecule has 1 fully saturated rings. The fourth-order valence-electron chi connectivity index (χ4n) is 3.01. The van der Waals surface area contributed by atoms with Gasteiger partial charge in [0.15, 0.2) is 0 Å². The van der Waals surface area contributed by atoms with Gasteiger partial charge in [0, 0.05) is 37.7 Å². The van der Waals surface area contributed by atoms with Gasteiger partial charge in [-0.3, -0.25) is 4.79 Å². The molecule has 7 nitrogen and oxygen atoms in total. The monoisotopic (exact) mass is 361 g/mol. The Hall–Kier alpha value is -2.09. The molecular weight excluding hydrogens is 338 g/mol. The van der Waals surface area contributed by atoms with E-state index in [0.717, 1.165) is 37.1 Å². The minimum Gasteiger partial charge on any atom is -0.474 e. The molecule has 1 amide bonds. The first-order chi connectivity index (χ1) is 12.1. The van der Waals surface area contributed by atoms with Crippen LogP contribution in [0.1, 0.15) is 53.1 Å². The summed E-state index contributed by atoms with van der Waals surface area (Å²) in [5, 5.41) is 4.09. The zero-order valence-electron chi connectivity index (χ0n) is 14.9. The molecule has 0 spiro atoms. The Labute approximate surface area is 151 Å². The van der Waals surface area contributed by atoms with Crippen LogP contribution < -0.4 is 4.74 Å². The summed E-state index contributed by atoms with van der Waals surface area (Å²) >= 11 is 1.20. The second-order valence-electron chi connectivity index (χ2n) is 6.30. The largest absolute Gasteiger partial charge is 0.474 e. The van der Waals surface area contributed by atoms with Gasteiger partial charge in [-0.25, -0.2) is 4.98 Å². The number of rotatable bonds is 5. The molecule has 134 valence electrons. The average molecular weight is 361 g/mol. The van der Waals surface area contributed by atoms with Crippen molar-refractivity contribution in [3.8, 4) is 5.88 Å². The Kier molecular flexibility index (Phi) is 5.57. The van der Waals surface area contributed by atoms with E-state index in [0.29, 0.717) is 29.7 Å². The maximum absolute atomic E-state index is 12.7. The van der Waals surface area contributed by atoms with E-state index in [1.54, 1.807) is 0 Å². The maximum Gasteiger partial charge on any atom is 0.267 e. The van der Waals surface area contributed by atoms with Crippen LogP contribution in [0, 0.1) is 13.8 Å². The van der Waals surface area contributed by atoms with E-state index in [1.165, 1.54) is 11.5 Å². The third-order valence-corrected chi connectivity index (χ3v) is 4.95. The number of hydrogen-bond donors (Lipinski definition) is 0. The van der Waals surface area contributed by atoms with E-state index < -0.39 is 0 Å². The lowest BCUT2D eigenvalue weighted by Crippen LogP contribution is -2.41. The quantitative estimate of drug-likeness (QED) is 0.814. The number of piperidine rings is 1. The molecule has 2 aromatic heterocycles. The maximum atomic E-state index is 12.7. The fraction of sp³-hybridized carbons (Fsp3) is 0.588. The molecule has 0 atom stereocenters. The lowest BCUT2D eigenvalue weighted by atomic mass is 10.1. The third-order valence-electron chi connectivity index (χ3n) is 4.20. The lowest BCUT2D eigenvalue weighted by Gasteiger charge is -2.31. The minimum absolute atomic E-state index is 0.0469. The smallest absolute Gasteiger partial charge is 0.267 e. The number of carbonyl (C=O) groups excluding carboxylic acids is 1. The summed E-state index contributed by atoms with van der Waals surface area (Å²) in [5.74, 6) is 1.38. The minimum atomic E-state index is 0.0469. The van der Waals surface area contributed by atoms with Crippen molar-refractivity contribution >= 4 is 17.4 Å². The van der Waals surface area contributed by atoms with Gasteiger partial charge in [-0.15, -0.1) is 5.10 Å². The highest BCUT2D eigenvalue weighted by atomic mass is 32.1. The molecule has 0 saturated carbocycles. The molecule has 0 N–H and O–H groups in total. The van der Waals surface area contributed by atoms with Crippen LogP contribution in [-0.4, -0.2) is 49.6 Å². The first-order valence-electron chi connectivity index (χ1n) is 8.66. The van der Waals surface area contributed by atoms with Gasteiger partial charge in [-0.1, -0.05) is 17.8 Å². The first kappa shape index (κ1) is 17.7. The van der Waals surface area contributed by atoms with Crippen molar-refractivity contribution in [3.63, 3.8) is 0 Å². The van der Waals surface area contributed by atoms with Gasteiger partial charge in [-0.05, 0) is 31.8 Å². The average Bonchev–Trinajstić information content (AvgIpc) is 3.02. The predicted octanol–water partition coefficient (Wildman–Crippen LogP) is 2.58. The number of aryl methyl sites for hydroxylation is 3. The molecular formula is C17H23N5O2S. The molecule has 3 heterocycles. The number of aromatic nitrogens is 4. The van der Waals surface area contributed by atoms with E-state index in [4.69, 9.17) is 4.74 Å². The van der Waals surface area contributed by atoms with Crippen LogP contribution in [0.15, 0.2) is 6.07 Å². The molecule has 8 heteroatoms. The van der Waals surface area contributed by atoms with Crippen LogP contribution in [0.4, 0.5) is 0 Å². The molecule has 1 aliphatic heterocycles. The summed E-state index contributed by atoms with van der Waals surface area (Å²) in [6.07, 6.45) is 3.42. The second-order valence-corrected chi connectivity index (χ2v) is 7.06. The van der Waals surface area contributed by atoms with Crippen molar-refractivity contribution in [1.29, 1.82) is 0 Å². The zero-order chi connectivity index (χ0) is 17.8. The molecule has 0 radical (unpaired) electrons. The molecule has 0 aromatic carbocycles. The van der Waals surface area contributed by atoms with Crippen molar-refractivity contribution in [1.82, 2.24) is 24.5 Å². The Morgan fingerprint density at radius 1 is 1.32 bits per heavy atom. The number of likely N-dealkylation sites (tertiary alicyclic amines) is 1. The van der Waals surface area contributed by atoms with Gasteiger partial charge in [-0.2, -0.15) is 4.98 Å². The molecule has 25 heavy (non-hydrogen) atoms. The van der Waals surface area contributed by atoms with E-state index in [9.17, 15) is 4.79 Å². The summed E-state index contributed by atoms with van der Waals surface area (Å²) in [4.78, 5) is 23.9. The number of carbonyl (C=O) groups is 1. The Bertz CT molecular complexity index is 720. The van der Waals surface area contributed by atoms with Crippen molar-refractivity contribution in [2.45, 2.75) is 52.6 Å². The summed E-state index contributed by atoms with van der Waals surface area (Å²) in [6.45, 7) is 7.22. The number of amides is 1. The molecule has 1 saturated heterocycles. The van der Waals surface area contributed by atoms with Gasteiger partial charge < -0.3 is 9.64 Å². The van der Waals surface area contributed by atoms with Crippen LogP contribution >= 0.6 is 11.5 Å². The Morgan fingerprint density at radius 2 is 2.08 bits per heavy atom. The van der Waals surface area contributed by atoms with Crippen molar-refractivity contribution < 1.29 is 9.53 Å². The second kappa shape index (κ2) is 7.86. The van der Waals surface area contributed by atoms with Crippen LogP contribution in [-0.2, 0) is 6.42 Å². The predicted molar refractivity (Wildman–Crippen MR) is 95.0 cm³/mol. The topological polar surface area (TPSA) is 81.1 Å². The van der Waals surface area contributed by atoms with E-state index >= 15 is 0 Å². The number of hydrogen-bond acceptors (Lipinski definition) is 7. The SMILES string of the molecule is CCCc1nnsc1C(=O)N1CCC(Oc2cc(C)nc(C)n2)CC1. The van der Waals surface area contributed by atoms with Crippen LogP contribution in [0.5, 0.6) is 5.88 Å². The first-order valence-corrected chi connectivity index (χ1v) is 9.43. The van der Waals surface area contributed by atoms with Gasteiger partial charge in [0.1, 0.15) is 16.8 Å². The number of nitrogens with zero attached hydrogens (tertiary/aromatic N) is 5. The highest BCUT2D eigenvalue weighted by Gasteiger charge is 2.27. The Balaban J connectivity index is 1.58. The highest BCUT2D eigenvalue weighted by Crippen LogP contribution is 2.21. The van der Waals surface area contributed by atoms with E-state index in [-0.39, 0.29) is 12.0 Å². The zero-order valence-corrected chi connectivity index (χ0v) is 15.7. The molecule has 2 aromatic rings. The highest BCUT2D eigenvalue weighted by molar-refractivity contribution is 7.08. The van der Waals surface area contributed by atoms with Crippen LogP contribution in [0.2, 0.25) is 0 Å². The Morgan fingerprint density at radius 3 is 2.76 bits per heavy atom. The molecule has 0 aliphatic carbocycles. The summed E-state index contributed by atoms with van der Waals surface area (Å²) < 4.78 is 9.94. The number of ether oxygens (including phenoxy) is 1. The lowest BCUT2D eigenvalue weighted by molar-refractivity contribution is 0.0590. The molecule has 0 bridgehead atoms. The van der Waals surface area contributed by atoms with Crippen molar-refractivity contribution in [2.24, 2.45) is 0 Å². The third kappa shape index (κ3) is 4.31. The standard InChI is InChI=1S/C17H23N5O2S/c1-4-5-14-16(25-21-20-14)17(23)22-8-6-13(7-9-22)24-15-10-11(2)18-12(3)19-15/h10,13H,4-9H2,1-3H3. The van der Waals surface area contributed by atoms with Crippen LogP contribution in [0.25, 0.3) is 0 Å². The van der Waals surface area contributed by atoms with Crippen molar-refractivity contribution in [2.75, 3.05) is 13.1 Å². The molecule has 0 unspecified atom stereocenters. The summed E-state index contributed by atoms with van der Waals surface area (Å²) in [7, 11) is 0. The normalized spacial score (nSPS) is 15.4. The molecule has 1 aliphatic rings. The van der Waals surface area contributed by atoms with Crippen LogP contribution in [0.3, 0.4) is 0 Å². The van der Waals surface area contributed by atoms with Gasteiger partial charge in [0.05, 0.1) is 5.69 Å². The van der Waals surface area contributed by atoms with Gasteiger partial charge >= 0.3 is 0 Å². The van der Waals surface area contributed by atoms with E-state index in [1.807, 2.05) is 24.8 Å². The summed E-state index contributed by atoms with van der Waals surface area (Å²) in [6, 6.07) is 1.85. The van der Waals surface area contributed by atoms with Gasteiger partial charge in [0.2, 0.25) is 5.88 Å².